The van der Waals surface area contributed by atoms with Crippen LogP contribution >= 0.6 is 15.9 Å². The summed E-state index contributed by atoms with van der Waals surface area (Å²) in [6.45, 7) is 3.63. The monoisotopic (exact) mass is 324 g/mol. The highest BCUT2D eigenvalue weighted by Crippen LogP contribution is 2.21. The Hall–Kier alpha value is -1.82. The van der Waals surface area contributed by atoms with Gasteiger partial charge in [0.05, 0.1) is 0 Å². The van der Waals surface area contributed by atoms with Gasteiger partial charge in [-0.05, 0) is 37.6 Å². The molecule has 0 bridgehead atoms. The van der Waals surface area contributed by atoms with Gasteiger partial charge >= 0.3 is 0 Å². The first-order valence-corrected chi connectivity index (χ1v) is 6.46. The van der Waals surface area contributed by atoms with Gasteiger partial charge in [-0.2, -0.15) is 0 Å². The quantitative estimate of drug-likeness (QED) is 0.938. The number of carbonyl (C=O) groups excluding carboxylic acids is 1. The van der Waals surface area contributed by atoms with E-state index in [-0.39, 0.29) is 12.5 Å². The number of hydrogen-bond donors (Lipinski definition) is 1. The van der Waals surface area contributed by atoms with Crippen LogP contribution in [0.5, 0.6) is 5.75 Å². The van der Waals surface area contributed by atoms with E-state index in [0.29, 0.717) is 17.3 Å². The summed E-state index contributed by atoms with van der Waals surface area (Å²) < 4.78 is 11.2. The summed E-state index contributed by atoms with van der Waals surface area (Å²) >= 11 is 3.40. The molecule has 0 spiro atoms. The van der Waals surface area contributed by atoms with Crippen molar-refractivity contribution in [2.75, 3.05) is 11.9 Å². The van der Waals surface area contributed by atoms with Crippen LogP contribution in [0, 0.1) is 13.8 Å². The number of ether oxygens (including phenoxy) is 1. The summed E-state index contributed by atoms with van der Waals surface area (Å²) in [5.41, 5.74) is 1.05. The van der Waals surface area contributed by atoms with Crippen LogP contribution in [0.15, 0.2) is 33.3 Å². The Morgan fingerprint density at radius 1 is 1.42 bits per heavy atom. The van der Waals surface area contributed by atoms with Gasteiger partial charge in [-0.25, -0.2) is 0 Å². The minimum atomic E-state index is -0.283. The maximum Gasteiger partial charge on any atom is 0.263 e. The zero-order chi connectivity index (χ0) is 13.8. The van der Waals surface area contributed by atoms with Gasteiger partial charge in [0.2, 0.25) is 0 Å². The number of rotatable bonds is 4. The minimum absolute atomic E-state index is 0.0764. The van der Waals surface area contributed by atoms with Crippen molar-refractivity contribution in [1.29, 1.82) is 0 Å². The Morgan fingerprint density at radius 2 is 2.21 bits per heavy atom. The van der Waals surface area contributed by atoms with Gasteiger partial charge in [-0.3, -0.25) is 4.79 Å². The van der Waals surface area contributed by atoms with E-state index < -0.39 is 0 Å². The van der Waals surface area contributed by atoms with E-state index in [0.717, 1.165) is 10.0 Å². The molecule has 1 aromatic heterocycles. The predicted molar refractivity (Wildman–Crippen MR) is 74.2 cm³/mol. The molecule has 0 atom stereocenters. The highest BCUT2D eigenvalue weighted by molar-refractivity contribution is 9.10. The third kappa shape index (κ3) is 3.82. The zero-order valence-electron chi connectivity index (χ0n) is 10.6. The second kappa shape index (κ2) is 5.88. The van der Waals surface area contributed by atoms with Gasteiger partial charge in [-0.1, -0.05) is 21.1 Å². The molecular weight excluding hydrogens is 312 g/mol. The number of benzene rings is 1. The van der Waals surface area contributed by atoms with Gasteiger partial charge in [0.25, 0.3) is 5.91 Å². The molecule has 0 saturated heterocycles. The second-order valence-corrected chi connectivity index (χ2v) is 4.92. The lowest BCUT2D eigenvalue weighted by atomic mass is 10.2. The molecule has 1 heterocycles. The SMILES string of the molecule is Cc1cc(NC(=O)COc2ccc(Br)c(C)c2)no1. The largest absolute Gasteiger partial charge is 0.484 e. The Bertz CT molecular complexity index is 595. The normalized spacial score (nSPS) is 10.3. The molecular formula is C13H13BrN2O3. The third-order valence-corrected chi connectivity index (χ3v) is 3.28. The van der Waals surface area contributed by atoms with E-state index in [1.54, 1.807) is 19.1 Å². The summed E-state index contributed by atoms with van der Waals surface area (Å²) in [5.74, 6) is 1.39. The van der Waals surface area contributed by atoms with Crippen LogP contribution in [0.4, 0.5) is 5.82 Å². The topological polar surface area (TPSA) is 64.4 Å². The van der Waals surface area contributed by atoms with Crippen LogP contribution in [0.1, 0.15) is 11.3 Å². The molecule has 0 aliphatic heterocycles. The van der Waals surface area contributed by atoms with Gasteiger partial charge in [0.15, 0.2) is 12.4 Å². The number of hydrogen-bond acceptors (Lipinski definition) is 4. The van der Waals surface area contributed by atoms with E-state index in [4.69, 9.17) is 9.26 Å². The van der Waals surface area contributed by atoms with Crippen LogP contribution in [0.2, 0.25) is 0 Å². The average Bonchev–Trinajstić information content (AvgIpc) is 2.76. The summed E-state index contributed by atoms with van der Waals surface area (Å²) in [7, 11) is 0. The molecule has 0 unspecified atom stereocenters. The maximum atomic E-state index is 11.6. The van der Waals surface area contributed by atoms with E-state index in [1.165, 1.54) is 0 Å². The first kappa shape index (κ1) is 13.6. The molecule has 5 nitrogen and oxygen atoms in total. The van der Waals surface area contributed by atoms with Crippen LogP contribution in [0.25, 0.3) is 0 Å². The van der Waals surface area contributed by atoms with Crippen LogP contribution < -0.4 is 10.1 Å². The van der Waals surface area contributed by atoms with Gasteiger partial charge < -0.3 is 14.6 Å². The van der Waals surface area contributed by atoms with Crippen molar-refractivity contribution < 1.29 is 14.1 Å². The van der Waals surface area contributed by atoms with E-state index in [1.807, 2.05) is 19.1 Å². The fourth-order valence-electron chi connectivity index (χ4n) is 1.46. The van der Waals surface area contributed by atoms with E-state index in [2.05, 4.69) is 26.4 Å². The third-order valence-electron chi connectivity index (χ3n) is 2.39. The van der Waals surface area contributed by atoms with Crippen molar-refractivity contribution in [1.82, 2.24) is 5.16 Å². The fourth-order valence-corrected chi connectivity index (χ4v) is 1.71. The number of amides is 1. The number of anilines is 1. The van der Waals surface area contributed by atoms with E-state index >= 15 is 0 Å². The summed E-state index contributed by atoms with van der Waals surface area (Å²) in [6.07, 6.45) is 0. The molecule has 2 rings (SSSR count). The summed E-state index contributed by atoms with van der Waals surface area (Å²) in [4.78, 5) is 11.6. The summed E-state index contributed by atoms with van der Waals surface area (Å²) in [6, 6.07) is 7.17. The predicted octanol–water partition coefficient (Wildman–Crippen LogP) is 3.07. The van der Waals surface area contributed by atoms with Crippen molar-refractivity contribution >= 4 is 27.7 Å². The number of nitrogens with one attached hydrogen (secondary N) is 1. The number of aromatic nitrogens is 1. The van der Waals surface area contributed by atoms with Crippen LogP contribution in [-0.4, -0.2) is 17.7 Å². The smallest absolute Gasteiger partial charge is 0.263 e. The zero-order valence-corrected chi connectivity index (χ0v) is 12.2. The van der Waals surface area contributed by atoms with Crippen LogP contribution in [0.3, 0.4) is 0 Å². The van der Waals surface area contributed by atoms with Gasteiger partial charge in [0.1, 0.15) is 11.5 Å². The highest BCUT2D eigenvalue weighted by Gasteiger charge is 2.07. The van der Waals surface area contributed by atoms with E-state index in [9.17, 15) is 4.79 Å². The molecule has 0 radical (unpaired) electrons. The van der Waals surface area contributed by atoms with Crippen molar-refractivity contribution in [3.05, 3.63) is 40.1 Å². The van der Waals surface area contributed by atoms with Gasteiger partial charge in [0, 0.05) is 10.5 Å². The van der Waals surface area contributed by atoms with Crippen molar-refractivity contribution in [3.8, 4) is 5.75 Å². The molecule has 19 heavy (non-hydrogen) atoms. The molecule has 0 fully saturated rings. The Balaban J connectivity index is 1.88. The minimum Gasteiger partial charge on any atom is -0.484 e. The molecule has 2 aromatic rings. The molecule has 0 aliphatic rings. The fraction of sp³-hybridized carbons (Fsp3) is 0.231. The lowest BCUT2D eigenvalue weighted by Gasteiger charge is -2.07. The number of nitrogens with zero attached hydrogens (tertiary/aromatic N) is 1. The van der Waals surface area contributed by atoms with Gasteiger partial charge in [-0.15, -0.1) is 0 Å². The number of carbonyl (C=O) groups is 1. The highest BCUT2D eigenvalue weighted by atomic mass is 79.9. The Morgan fingerprint density at radius 3 is 2.84 bits per heavy atom. The Kier molecular flexibility index (Phi) is 4.21. The maximum absolute atomic E-state index is 11.6. The molecule has 6 heteroatoms. The molecule has 0 saturated carbocycles. The molecule has 100 valence electrons. The van der Waals surface area contributed by atoms with Crippen molar-refractivity contribution in [2.45, 2.75) is 13.8 Å². The standard InChI is InChI=1S/C13H13BrN2O3/c1-8-5-10(3-4-11(8)14)18-7-13(17)15-12-6-9(2)19-16-12/h3-6H,7H2,1-2H3,(H,15,16,17). The average molecular weight is 325 g/mol. The molecule has 1 amide bonds. The van der Waals surface area contributed by atoms with Crippen molar-refractivity contribution in [3.63, 3.8) is 0 Å². The number of halogens is 1. The van der Waals surface area contributed by atoms with Crippen molar-refractivity contribution in [2.24, 2.45) is 0 Å². The first-order chi connectivity index (χ1) is 9.04. The van der Waals surface area contributed by atoms with Crippen LogP contribution in [-0.2, 0) is 4.79 Å². The first-order valence-electron chi connectivity index (χ1n) is 5.67. The number of aryl methyl sites for hydroxylation is 2. The lowest BCUT2D eigenvalue weighted by molar-refractivity contribution is -0.118. The second-order valence-electron chi connectivity index (χ2n) is 4.07. The lowest BCUT2D eigenvalue weighted by Crippen LogP contribution is -2.20. The molecule has 1 aromatic carbocycles. The molecule has 0 aliphatic carbocycles. The Labute approximate surface area is 119 Å². The summed E-state index contributed by atoms with van der Waals surface area (Å²) in [5, 5.41) is 6.25. The molecule has 1 N–H and O–H groups in total.